The molecule has 0 amide bonds. The van der Waals surface area contributed by atoms with Gasteiger partial charge in [-0.1, -0.05) is 19.3 Å². The highest BCUT2D eigenvalue weighted by Gasteiger charge is 2.60. The van der Waals surface area contributed by atoms with Crippen LogP contribution in [-0.2, 0) is 15.2 Å². The minimum atomic E-state index is -1.06. The minimum absolute atomic E-state index is 0.0558. The number of ether oxygens (including phenoxy) is 2. The van der Waals surface area contributed by atoms with E-state index in [1.165, 1.54) is 13.4 Å². The van der Waals surface area contributed by atoms with Gasteiger partial charge in [-0.05, 0) is 12.8 Å². The van der Waals surface area contributed by atoms with E-state index in [0.29, 0.717) is 11.2 Å². The molecule has 4 rings (SSSR count). The zero-order valence-corrected chi connectivity index (χ0v) is 15.2. The zero-order valence-electron chi connectivity index (χ0n) is 15.2. The lowest BCUT2D eigenvalue weighted by molar-refractivity contribution is -0.194. The van der Waals surface area contributed by atoms with Gasteiger partial charge in [0.1, 0.15) is 24.6 Å². The second kappa shape index (κ2) is 7.28. The van der Waals surface area contributed by atoms with E-state index in [4.69, 9.17) is 9.47 Å². The average Bonchev–Trinajstić information content (AvgIpc) is 3.27. The van der Waals surface area contributed by atoms with Crippen LogP contribution >= 0.6 is 0 Å². The molecule has 0 bridgehead atoms. The molecular weight excluding hydrogens is 354 g/mol. The van der Waals surface area contributed by atoms with Gasteiger partial charge in [0.2, 0.25) is 0 Å². The Bertz CT molecular complexity index is 795. The number of aromatic nitrogens is 4. The van der Waals surface area contributed by atoms with Gasteiger partial charge in [0.05, 0.1) is 12.9 Å². The minimum Gasteiger partial charge on any atom is -0.394 e. The molecule has 4 atom stereocenters. The number of aliphatic hydroxyl groups is 2. The molecule has 0 spiro atoms. The van der Waals surface area contributed by atoms with Gasteiger partial charge in [0.15, 0.2) is 22.7 Å². The average molecular weight is 379 g/mol. The first-order valence-electron chi connectivity index (χ1n) is 9.25. The Hall–Kier alpha value is -1.85. The molecule has 1 aliphatic carbocycles. The number of nitrogens with one attached hydrogen (secondary N) is 1. The lowest BCUT2D eigenvalue weighted by Crippen LogP contribution is -2.52. The number of methoxy groups -OCH3 is 1. The molecule has 1 saturated heterocycles. The van der Waals surface area contributed by atoms with E-state index in [1.807, 2.05) is 5.48 Å². The summed E-state index contributed by atoms with van der Waals surface area (Å²) < 4.78 is 13.8. The van der Waals surface area contributed by atoms with Crippen molar-refractivity contribution < 1.29 is 24.9 Å². The van der Waals surface area contributed by atoms with Gasteiger partial charge in [-0.15, -0.1) is 0 Å². The topological polar surface area (TPSA) is 135 Å². The van der Waals surface area contributed by atoms with Gasteiger partial charge in [-0.25, -0.2) is 15.0 Å². The first kappa shape index (κ1) is 18.5. The maximum atomic E-state index is 10.8. The molecule has 148 valence electrons. The molecule has 2 aliphatic rings. The van der Waals surface area contributed by atoms with Gasteiger partial charge in [-0.3, -0.25) is 15.3 Å². The molecule has 2 fully saturated rings. The maximum absolute atomic E-state index is 10.8. The van der Waals surface area contributed by atoms with E-state index >= 15 is 0 Å². The lowest BCUT2D eigenvalue weighted by Gasteiger charge is -2.43. The Morgan fingerprint density at radius 2 is 2.07 bits per heavy atom. The highest BCUT2D eigenvalue weighted by molar-refractivity contribution is 5.82. The number of imidazole rings is 1. The third kappa shape index (κ3) is 2.71. The molecule has 0 aromatic carbocycles. The number of nitrogens with zero attached hydrogens (tertiary/aromatic N) is 4. The Balaban J connectivity index is 1.91. The molecule has 0 unspecified atom stereocenters. The van der Waals surface area contributed by atoms with Crippen LogP contribution in [0.4, 0.5) is 5.82 Å². The Morgan fingerprint density at radius 3 is 2.74 bits per heavy atom. The van der Waals surface area contributed by atoms with Gasteiger partial charge in [0, 0.05) is 13.0 Å². The molecular formula is C17H25N5O5. The van der Waals surface area contributed by atoms with Crippen molar-refractivity contribution in [2.24, 2.45) is 5.92 Å². The number of aliphatic hydroxyl groups excluding tert-OH is 2. The van der Waals surface area contributed by atoms with E-state index in [2.05, 4.69) is 15.0 Å². The van der Waals surface area contributed by atoms with Crippen molar-refractivity contribution in [1.29, 1.82) is 0 Å². The summed E-state index contributed by atoms with van der Waals surface area (Å²) in [5.74, 6) is 0.240. The summed E-state index contributed by atoms with van der Waals surface area (Å²) >= 11 is 0. The molecule has 10 heteroatoms. The molecule has 0 radical (unpaired) electrons. The monoisotopic (exact) mass is 379 g/mol. The molecule has 27 heavy (non-hydrogen) atoms. The molecule has 1 aliphatic heterocycles. The summed E-state index contributed by atoms with van der Waals surface area (Å²) in [5, 5.41) is 29.8. The van der Waals surface area contributed by atoms with Crippen molar-refractivity contribution >= 4 is 17.0 Å². The molecule has 4 N–H and O–H groups in total. The summed E-state index contributed by atoms with van der Waals surface area (Å²) in [7, 11) is 1.53. The Labute approximate surface area is 156 Å². The van der Waals surface area contributed by atoms with E-state index < -0.39 is 24.0 Å². The van der Waals surface area contributed by atoms with Crippen molar-refractivity contribution in [3.63, 3.8) is 0 Å². The predicted octanol–water partition coefficient (Wildman–Crippen LogP) is 0.627. The number of hydrogen-bond acceptors (Lipinski definition) is 9. The van der Waals surface area contributed by atoms with Crippen LogP contribution in [-0.4, -0.2) is 67.0 Å². The van der Waals surface area contributed by atoms with Crippen LogP contribution in [0.15, 0.2) is 12.7 Å². The predicted molar refractivity (Wildman–Crippen MR) is 94.0 cm³/mol. The molecule has 2 aromatic rings. The van der Waals surface area contributed by atoms with Crippen LogP contribution in [0.5, 0.6) is 0 Å². The largest absolute Gasteiger partial charge is 0.394 e. The van der Waals surface area contributed by atoms with E-state index in [-0.39, 0.29) is 18.3 Å². The maximum Gasteiger partial charge on any atom is 0.181 e. The number of hydrogen-bond donors (Lipinski definition) is 4. The van der Waals surface area contributed by atoms with Crippen LogP contribution in [0, 0.1) is 5.92 Å². The van der Waals surface area contributed by atoms with E-state index in [0.717, 1.165) is 32.1 Å². The van der Waals surface area contributed by atoms with Crippen molar-refractivity contribution in [1.82, 2.24) is 19.5 Å². The first-order valence-corrected chi connectivity index (χ1v) is 9.25. The van der Waals surface area contributed by atoms with Crippen molar-refractivity contribution in [2.45, 2.75) is 56.1 Å². The van der Waals surface area contributed by atoms with E-state index in [9.17, 15) is 15.4 Å². The number of rotatable bonds is 5. The quantitative estimate of drug-likeness (QED) is 0.552. The van der Waals surface area contributed by atoms with Crippen LogP contribution in [0.3, 0.4) is 0 Å². The van der Waals surface area contributed by atoms with Crippen LogP contribution in [0.25, 0.3) is 11.2 Å². The van der Waals surface area contributed by atoms with Crippen molar-refractivity contribution in [2.75, 3.05) is 19.2 Å². The van der Waals surface area contributed by atoms with E-state index in [1.54, 1.807) is 10.9 Å². The summed E-state index contributed by atoms with van der Waals surface area (Å²) in [6.45, 7) is -0.319. The lowest BCUT2D eigenvalue weighted by atomic mass is 9.78. The first-order chi connectivity index (χ1) is 13.2. The summed E-state index contributed by atoms with van der Waals surface area (Å²) in [5.41, 5.74) is 1.82. The highest BCUT2D eigenvalue weighted by atomic mass is 16.6. The summed E-state index contributed by atoms with van der Waals surface area (Å²) in [6, 6.07) is 0. The highest BCUT2D eigenvalue weighted by Crippen LogP contribution is 2.49. The molecule has 3 heterocycles. The second-order valence-electron chi connectivity index (χ2n) is 7.19. The molecule has 1 saturated carbocycles. The van der Waals surface area contributed by atoms with Gasteiger partial charge < -0.3 is 19.7 Å². The van der Waals surface area contributed by atoms with Crippen LogP contribution in [0.2, 0.25) is 0 Å². The Morgan fingerprint density at radius 1 is 1.30 bits per heavy atom. The fourth-order valence-electron chi connectivity index (χ4n) is 4.68. The van der Waals surface area contributed by atoms with Crippen LogP contribution in [0.1, 0.15) is 32.1 Å². The Kier molecular flexibility index (Phi) is 4.99. The van der Waals surface area contributed by atoms with Gasteiger partial charge in [0.25, 0.3) is 0 Å². The summed E-state index contributed by atoms with van der Waals surface area (Å²) in [6.07, 6.45) is 5.51. The number of anilines is 1. The van der Waals surface area contributed by atoms with Crippen LogP contribution < -0.4 is 5.48 Å². The fraction of sp³-hybridized carbons (Fsp3) is 0.706. The second-order valence-corrected chi connectivity index (χ2v) is 7.19. The van der Waals surface area contributed by atoms with Gasteiger partial charge >= 0.3 is 0 Å². The number of fused-ring (bicyclic) bond motifs is 1. The molecule has 10 nitrogen and oxygen atoms in total. The smallest absolute Gasteiger partial charge is 0.181 e. The summed E-state index contributed by atoms with van der Waals surface area (Å²) in [4.78, 5) is 12.7. The molecule has 2 aromatic heterocycles. The third-order valence-corrected chi connectivity index (χ3v) is 5.88. The standard InChI is InChI=1S/C17H25N5O5/c1-26-14-13(24)11(7-23)27-17(14,10-5-3-2-4-6-10)22-9-20-12-15(21-25)18-8-19-16(12)22/h8-11,13-14,23-25H,2-7H2,1H3,(H,18,19,21)/t11-,13-,14-,17-/m1/s1. The third-order valence-electron chi connectivity index (χ3n) is 5.88. The van der Waals surface area contributed by atoms with Crippen molar-refractivity contribution in [3.8, 4) is 0 Å². The SMILES string of the molecule is CO[C@@H]1[C@H](O)[C@@H](CO)O[C@@]1(C1CCCCC1)n1cnc2c(NO)ncnc21. The van der Waals surface area contributed by atoms with Gasteiger partial charge in [-0.2, -0.15) is 0 Å². The normalized spacial score (nSPS) is 32.2. The fourth-order valence-corrected chi connectivity index (χ4v) is 4.68. The van der Waals surface area contributed by atoms with Crippen molar-refractivity contribution in [3.05, 3.63) is 12.7 Å². The zero-order chi connectivity index (χ0) is 19.0.